The minimum atomic E-state index is -0.201. The monoisotopic (exact) mass is 390 g/mol. The first-order valence-corrected chi connectivity index (χ1v) is 10.3. The molecule has 0 N–H and O–H groups in total. The summed E-state index contributed by atoms with van der Waals surface area (Å²) in [6, 6.07) is 15.2. The van der Waals surface area contributed by atoms with E-state index >= 15 is 0 Å². The van der Waals surface area contributed by atoms with Gasteiger partial charge in [0.2, 0.25) is 5.91 Å². The zero-order valence-electron chi connectivity index (χ0n) is 17.1. The van der Waals surface area contributed by atoms with Crippen molar-refractivity contribution in [2.75, 3.05) is 13.1 Å². The van der Waals surface area contributed by atoms with Gasteiger partial charge in [-0.3, -0.25) is 4.79 Å². The molecule has 150 valence electrons. The van der Waals surface area contributed by atoms with Crippen LogP contribution in [0.2, 0.25) is 0 Å². The Balaban J connectivity index is 1.57. The summed E-state index contributed by atoms with van der Waals surface area (Å²) >= 11 is 0. The van der Waals surface area contributed by atoms with Crippen LogP contribution in [0.15, 0.2) is 66.4 Å². The van der Waals surface area contributed by atoms with Gasteiger partial charge in [0.05, 0.1) is 0 Å². The number of hydrogen-bond acceptors (Lipinski definition) is 1. The van der Waals surface area contributed by atoms with Crippen LogP contribution in [-0.2, 0) is 11.3 Å². The fourth-order valence-corrected chi connectivity index (χ4v) is 4.31. The van der Waals surface area contributed by atoms with Crippen LogP contribution in [0.5, 0.6) is 0 Å². The van der Waals surface area contributed by atoms with Gasteiger partial charge >= 0.3 is 0 Å². The molecule has 3 nitrogen and oxygen atoms in total. The number of halogens is 1. The second-order valence-electron chi connectivity index (χ2n) is 8.18. The third-order valence-electron chi connectivity index (χ3n) is 5.72. The number of benzene rings is 2. The summed E-state index contributed by atoms with van der Waals surface area (Å²) in [5, 5.41) is 1.26. The van der Waals surface area contributed by atoms with E-state index in [1.54, 1.807) is 18.2 Å². The number of para-hydroxylation sites is 1. The van der Waals surface area contributed by atoms with Crippen molar-refractivity contribution in [1.29, 1.82) is 0 Å². The van der Waals surface area contributed by atoms with Crippen LogP contribution in [0.4, 0.5) is 4.39 Å². The maximum absolute atomic E-state index is 13.6. The highest BCUT2D eigenvalue weighted by atomic mass is 19.1. The van der Waals surface area contributed by atoms with E-state index in [2.05, 4.69) is 35.0 Å². The largest absolute Gasteiger partial charge is 0.343 e. The molecule has 0 radical (unpaired) electrons. The molecule has 0 bridgehead atoms. The van der Waals surface area contributed by atoms with E-state index in [0.717, 1.165) is 37.1 Å². The van der Waals surface area contributed by atoms with Crippen molar-refractivity contribution in [2.24, 2.45) is 0 Å². The van der Waals surface area contributed by atoms with Gasteiger partial charge in [-0.25, -0.2) is 4.39 Å². The van der Waals surface area contributed by atoms with Crippen molar-refractivity contribution in [1.82, 2.24) is 9.47 Å². The van der Waals surface area contributed by atoms with E-state index < -0.39 is 0 Å². The van der Waals surface area contributed by atoms with Gasteiger partial charge in [0.15, 0.2) is 0 Å². The summed E-state index contributed by atoms with van der Waals surface area (Å²) in [6.07, 6.45) is 5.89. The minimum absolute atomic E-state index is 0.122. The van der Waals surface area contributed by atoms with Crippen molar-refractivity contribution < 1.29 is 9.18 Å². The number of hydrogen-bond donors (Lipinski definition) is 0. The Morgan fingerprint density at radius 3 is 2.59 bits per heavy atom. The number of carbonyl (C=O) groups excluding carboxylic acids is 1. The molecule has 1 fully saturated rings. The lowest BCUT2D eigenvalue weighted by molar-refractivity contribution is -0.127. The van der Waals surface area contributed by atoms with Gasteiger partial charge < -0.3 is 9.47 Å². The molecule has 0 spiro atoms. The van der Waals surface area contributed by atoms with Crippen molar-refractivity contribution in [3.63, 3.8) is 0 Å². The average Bonchev–Trinajstić information content (AvgIpc) is 3.06. The molecule has 0 saturated carbocycles. The lowest BCUT2D eigenvalue weighted by Crippen LogP contribution is -2.37. The van der Waals surface area contributed by atoms with Gasteiger partial charge in [-0.1, -0.05) is 35.9 Å². The van der Waals surface area contributed by atoms with E-state index in [4.69, 9.17) is 0 Å². The van der Waals surface area contributed by atoms with Gasteiger partial charge in [0.25, 0.3) is 0 Å². The quantitative estimate of drug-likeness (QED) is 0.540. The van der Waals surface area contributed by atoms with Gasteiger partial charge in [-0.15, -0.1) is 0 Å². The fraction of sp³-hybridized carbons (Fsp3) is 0.320. The van der Waals surface area contributed by atoms with E-state index in [0.29, 0.717) is 12.5 Å². The highest BCUT2D eigenvalue weighted by Crippen LogP contribution is 2.35. The zero-order valence-corrected chi connectivity index (χ0v) is 17.1. The molecule has 1 aliphatic heterocycles. The third kappa shape index (κ3) is 4.26. The minimum Gasteiger partial charge on any atom is -0.343 e. The molecule has 4 heteroatoms. The number of aromatic nitrogens is 1. The summed E-state index contributed by atoms with van der Waals surface area (Å²) in [4.78, 5) is 14.3. The summed E-state index contributed by atoms with van der Waals surface area (Å²) in [5.41, 5.74) is 4.51. The maximum atomic E-state index is 13.6. The van der Waals surface area contributed by atoms with Crippen molar-refractivity contribution in [2.45, 2.75) is 39.2 Å². The molecule has 4 rings (SSSR count). The zero-order chi connectivity index (χ0) is 20.4. The van der Waals surface area contributed by atoms with Gasteiger partial charge in [0, 0.05) is 42.8 Å². The van der Waals surface area contributed by atoms with Gasteiger partial charge in [0.1, 0.15) is 5.82 Å². The predicted molar refractivity (Wildman–Crippen MR) is 115 cm³/mol. The Hall–Kier alpha value is -2.88. The van der Waals surface area contributed by atoms with Crippen LogP contribution in [0.25, 0.3) is 10.9 Å². The molecule has 1 amide bonds. The first-order valence-electron chi connectivity index (χ1n) is 10.3. The highest BCUT2D eigenvalue weighted by molar-refractivity contribution is 5.88. The standard InChI is InChI=1S/C25H27FN2O/c1-18(2)14-25(29)27-12-10-20(11-13-27)23-17-28(24-9-4-3-8-22(23)24)16-19-6-5-7-21(26)15-19/h3-9,14-15,17,20H,10-13,16H2,1-2H3. The second kappa shape index (κ2) is 8.24. The molecule has 0 atom stereocenters. The molecule has 2 heterocycles. The summed E-state index contributed by atoms with van der Waals surface area (Å²) in [7, 11) is 0. The van der Waals surface area contributed by atoms with Crippen LogP contribution in [0, 0.1) is 5.82 Å². The average molecular weight is 391 g/mol. The number of likely N-dealkylation sites (tertiary alicyclic amines) is 1. The molecular formula is C25H27FN2O. The number of nitrogens with zero attached hydrogens (tertiary/aromatic N) is 2. The van der Waals surface area contributed by atoms with Gasteiger partial charge in [-0.2, -0.15) is 0 Å². The smallest absolute Gasteiger partial charge is 0.246 e. The van der Waals surface area contributed by atoms with Crippen LogP contribution in [-0.4, -0.2) is 28.5 Å². The number of carbonyl (C=O) groups is 1. The molecule has 2 aromatic carbocycles. The number of fused-ring (bicyclic) bond motifs is 1. The molecular weight excluding hydrogens is 363 g/mol. The SMILES string of the molecule is CC(C)=CC(=O)N1CCC(c2cn(Cc3cccc(F)c3)c3ccccc23)CC1. The fourth-order valence-electron chi connectivity index (χ4n) is 4.31. The van der Waals surface area contributed by atoms with E-state index in [-0.39, 0.29) is 11.7 Å². The number of piperidine rings is 1. The van der Waals surface area contributed by atoms with Crippen molar-refractivity contribution in [3.05, 3.63) is 83.3 Å². The van der Waals surface area contributed by atoms with E-state index in [1.807, 2.05) is 24.8 Å². The van der Waals surface area contributed by atoms with Crippen LogP contribution < -0.4 is 0 Å². The first-order chi connectivity index (χ1) is 14.0. The second-order valence-corrected chi connectivity index (χ2v) is 8.18. The molecule has 3 aromatic rings. The highest BCUT2D eigenvalue weighted by Gasteiger charge is 2.25. The first kappa shape index (κ1) is 19.4. The molecule has 1 aliphatic rings. The molecule has 1 aromatic heterocycles. The molecule has 1 saturated heterocycles. The number of amides is 1. The topological polar surface area (TPSA) is 25.2 Å². The Labute approximate surface area is 171 Å². The van der Waals surface area contributed by atoms with E-state index in [9.17, 15) is 9.18 Å². The van der Waals surface area contributed by atoms with Crippen LogP contribution >= 0.6 is 0 Å². The lowest BCUT2D eigenvalue weighted by atomic mass is 9.89. The Bertz CT molecular complexity index is 1050. The summed E-state index contributed by atoms with van der Waals surface area (Å²) in [5.74, 6) is 0.356. The van der Waals surface area contributed by atoms with Crippen LogP contribution in [0.1, 0.15) is 43.7 Å². The van der Waals surface area contributed by atoms with E-state index in [1.165, 1.54) is 22.5 Å². The number of allylic oxidation sites excluding steroid dienone is 1. The summed E-state index contributed by atoms with van der Waals surface area (Å²) < 4.78 is 15.8. The van der Waals surface area contributed by atoms with Crippen molar-refractivity contribution in [3.8, 4) is 0 Å². The summed E-state index contributed by atoms with van der Waals surface area (Å²) in [6.45, 7) is 6.14. The normalized spacial score (nSPS) is 14.9. The predicted octanol–water partition coefficient (Wildman–Crippen LogP) is 5.50. The van der Waals surface area contributed by atoms with Crippen molar-refractivity contribution >= 4 is 16.8 Å². The maximum Gasteiger partial charge on any atom is 0.246 e. The molecule has 0 unspecified atom stereocenters. The Morgan fingerprint density at radius 1 is 1.10 bits per heavy atom. The lowest BCUT2D eigenvalue weighted by Gasteiger charge is -2.31. The van der Waals surface area contributed by atoms with Gasteiger partial charge in [-0.05, 0) is 61.9 Å². The Kier molecular flexibility index (Phi) is 5.52. The molecule has 0 aliphatic carbocycles. The van der Waals surface area contributed by atoms with Crippen LogP contribution in [0.3, 0.4) is 0 Å². The number of rotatable bonds is 4. The molecule has 29 heavy (non-hydrogen) atoms. The third-order valence-corrected chi connectivity index (χ3v) is 5.72. The Morgan fingerprint density at radius 2 is 1.86 bits per heavy atom.